The monoisotopic (exact) mass is 379 g/mol. The van der Waals surface area contributed by atoms with E-state index >= 15 is 0 Å². The zero-order chi connectivity index (χ0) is 20.1. The standard InChI is InChI=1S/C23H29N3O2/c1-4-25(5-2)22(28)23(11-13-26(17-23)18(3)27)15-19-8-6-9-20(14-19)21-10-7-12-24-16-21/h6-10,12,14,16H,4-5,11,13,15,17H2,1-3H3. The first kappa shape index (κ1) is 20.1. The Kier molecular flexibility index (Phi) is 6.12. The average molecular weight is 380 g/mol. The topological polar surface area (TPSA) is 53.5 Å². The number of pyridine rings is 1. The maximum atomic E-state index is 13.4. The van der Waals surface area contributed by atoms with Crippen molar-refractivity contribution in [1.82, 2.24) is 14.8 Å². The van der Waals surface area contributed by atoms with Gasteiger partial charge >= 0.3 is 0 Å². The Balaban J connectivity index is 1.92. The number of nitrogens with zero attached hydrogens (tertiary/aromatic N) is 3. The van der Waals surface area contributed by atoms with Gasteiger partial charge in [-0.25, -0.2) is 0 Å². The maximum Gasteiger partial charge on any atom is 0.230 e. The van der Waals surface area contributed by atoms with Gasteiger partial charge in [0.15, 0.2) is 0 Å². The molecule has 1 aliphatic rings. The second kappa shape index (κ2) is 8.55. The summed E-state index contributed by atoms with van der Waals surface area (Å²) < 4.78 is 0. The predicted molar refractivity (Wildman–Crippen MR) is 111 cm³/mol. The summed E-state index contributed by atoms with van der Waals surface area (Å²) in [6.07, 6.45) is 4.96. The molecule has 1 saturated heterocycles. The second-order valence-corrected chi connectivity index (χ2v) is 7.57. The first-order valence-corrected chi connectivity index (χ1v) is 10.0. The van der Waals surface area contributed by atoms with E-state index in [4.69, 9.17) is 0 Å². The van der Waals surface area contributed by atoms with Gasteiger partial charge in [0.05, 0.1) is 5.41 Å². The summed E-state index contributed by atoms with van der Waals surface area (Å²) in [4.78, 5) is 33.3. The van der Waals surface area contributed by atoms with Crippen molar-refractivity contribution in [1.29, 1.82) is 0 Å². The van der Waals surface area contributed by atoms with Crippen LogP contribution in [0.2, 0.25) is 0 Å². The van der Waals surface area contributed by atoms with Gasteiger partial charge in [0, 0.05) is 45.5 Å². The van der Waals surface area contributed by atoms with Crippen LogP contribution in [0.15, 0.2) is 48.8 Å². The highest BCUT2D eigenvalue weighted by atomic mass is 16.2. The van der Waals surface area contributed by atoms with Gasteiger partial charge < -0.3 is 9.80 Å². The lowest BCUT2D eigenvalue weighted by atomic mass is 9.79. The third kappa shape index (κ3) is 4.08. The molecule has 1 aromatic carbocycles. The van der Waals surface area contributed by atoms with Gasteiger partial charge in [0.25, 0.3) is 0 Å². The summed E-state index contributed by atoms with van der Waals surface area (Å²) in [7, 11) is 0. The molecule has 148 valence electrons. The number of benzene rings is 1. The molecule has 1 unspecified atom stereocenters. The van der Waals surface area contributed by atoms with Crippen LogP contribution in [0, 0.1) is 5.41 Å². The van der Waals surface area contributed by atoms with Crippen molar-refractivity contribution in [3.8, 4) is 11.1 Å². The van der Waals surface area contributed by atoms with Gasteiger partial charge in [0.1, 0.15) is 0 Å². The quantitative estimate of drug-likeness (QED) is 0.773. The van der Waals surface area contributed by atoms with Crippen molar-refractivity contribution in [2.24, 2.45) is 5.41 Å². The number of likely N-dealkylation sites (tertiary alicyclic amines) is 1. The molecule has 1 aromatic heterocycles. The van der Waals surface area contributed by atoms with E-state index < -0.39 is 5.41 Å². The van der Waals surface area contributed by atoms with E-state index in [2.05, 4.69) is 23.2 Å². The number of hydrogen-bond acceptors (Lipinski definition) is 3. The van der Waals surface area contributed by atoms with Crippen LogP contribution in [0.25, 0.3) is 11.1 Å². The van der Waals surface area contributed by atoms with Crippen LogP contribution >= 0.6 is 0 Å². The van der Waals surface area contributed by atoms with Crippen LogP contribution in [0.4, 0.5) is 0 Å². The molecule has 0 N–H and O–H groups in total. The third-order valence-electron chi connectivity index (χ3n) is 5.77. The van der Waals surface area contributed by atoms with Gasteiger partial charge in [-0.3, -0.25) is 14.6 Å². The van der Waals surface area contributed by atoms with Gasteiger partial charge in [-0.15, -0.1) is 0 Å². The predicted octanol–water partition coefficient (Wildman–Crippen LogP) is 3.40. The first-order chi connectivity index (χ1) is 13.5. The molecule has 2 amide bonds. The van der Waals surface area contributed by atoms with Crippen LogP contribution < -0.4 is 0 Å². The van der Waals surface area contributed by atoms with Crippen molar-refractivity contribution in [2.75, 3.05) is 26.2 Å². The Labute approximate surface area is 167 Å². The minimum absolute atomic E-state index is 0.0401. The number of carbonyl (C=O) groups excluding carboxylic acids is 2. The van der Waals surface area contributed by atoms with Crippen molar-refractivity contribution < 1.29 is 9.59 Å². The third-order valence-corrected chi connectivity index (χ3v) is 5.77. The molecule has 1 aliphatic heterocycles. The van der Waals surface area contributed by atoms with E-state index in [1.54, 1.807) is 13.1 Å². The summed E-state index contributed by atoms with van der Waals surface area (Å²) in [6.45, 7) is 8.12. The van der Waals surface area contributed by atoms with Crippen molar-refractivity contribution in [3.63, 3.8) is 0 Å². The molecule has 28 heavy (non-hydrogen) atoms. The molecule has 0 aliphatic carbocycles. The Hall–Kier alpha value is -2.69. The van der Waals surface area contributed by atoms with E-state index in [9.17, 15) is 9.59 Å². The number of hydrogen-bond donors (Lipinski definition) is 0. The minimum atomic E-state index is -0.550. The molecule has 0 spiro atoms. The molecule has 3 rings (SSSR count). The number of carbonyl (C=O) groups is 2. The molecule has 2 aromatic rings. The summed E-state index contributed by atoms with van der Waals surface area (Å²) in [5.74, 6) is 0.200. The fraction of sp³-hybridized carbons (Fsp3) is 0.435. The largest absolute Gasteiger partial charge is 0.343 e. The summed E-state index contributed by atoms with van der Waals surface area (Å²) in [6, 6.07) is 12.3. The Morgan fingerprint density at radius 3 is 2.50 bits per heavy atom. The van der Waals surface area contributed by atoms with Gasteiger partial charge in [-0.05, 0) is 49.4 Å². The molecule has 1 atom stereocenters. The van der Waals surface area contributed by atoms with Crippen LogP contribution in [0.5, 0.6) is 0 Å². The van der Waals surface area contributed by atoms with Crippen LogP contribution in [0.3, 0.4) is 0 Å². The smallest absolute Gasteiger partial charge is 0.230 e. The molecular formula is C23H29N3O2. The van der Waals surface area contributed by atoms with E-state index in [-0.39, 0.29) is 11.8 Å². The Morgan fingerprint density at radius 1 is 1.14 bits per heavy atom. The van der Waals surface area contributed by atoms with Crippen molar-refractivity contribution in [3.05, 3.63) is 54.4 Å². The summed E-state index contributed by atoms with van der Waals surface area (Å²) in [5.41, 5.74) is 2.72. The maximum absolute atomic E-state index is 13.4. The zero-order valence-electron chi connectivity index (χ0n) is 17.0. The van der Waals surface area contributed by atoms with Gasteiger partial charge in [0.2, 0.25) is 11.8 Å². The number of aromatic nitrogens is 1. The molecule has 2 heterocycles. The highest BCUT2D eigenvalue weighted by molar-refractivity contribution is 5.85. The minimum Gasteiger partial charge on any atom is -0.343 e. The van der Waals surface area contributed by atoms with Crippen molar-refractivity contribution in [2.45, 2.75) is 33.6 Å². The molecule has 0 bridgehead atoms. The average Bonchev–Trinajstić information content (AvgIpc) is 3.15. The van der Waals surface area contributed by atoms with E-state index in [0.29, 0.717) is 39.0 Å². The lowest BCUT2D eigenvalue weighted by molar-refractivity contribution is -0.141. The van der Waals surface area contributed by atoms with Crippen molar-refractivity contribution >= 4 is 11.8 Å². The lowest BCUT2D eigenvalue weighted by Gasteiger charge is -2.33. The van der Waals surface area contributed by atoms with E-state index in [1.165, 1.54) is 0 Å². The molecule has 0 saturated carbocycles. The van der Waals surface area contributed by atoms with Gasteiger partial charge in [-0.1, -0.05) is 30.3 Å². The summed E-state index contributed by atoms with van der Waals surface area (Å²) >= 11 is 0. The first-order valence-electron chi connectivity index (χ1n) is 10.0. The highest BCUT2D eigenvalue weighted by Gasteiger charge is 2.46. The Bertz CT molecular complexity index is 833. The molecule has 5 nitrogen and oxygen atoms in total. The fourth-order valence-electron chi connectivity index (χ4n) is 4.17. The molecular weight excluding hydrogens is 350 g/mol. The Morgan fingerprint density at radius 2 is 1.89 bits per heavy atom. The molecule has 1 fully saturated rings. The molecule has 5 heteroatoms. The molecule has 0 radical (unpaired) electrons. The normalized spacial score (nSPS) is 18.9. The van der Waals surface area contributed by atoms with E-state index in [1.807, 2.05) is 48.0 Å². The number of rotatable bonds is 6. The lowest BCUT2D eigenvalue weighted by Crippen LogP contribution is -2.47. The van der Waals surface area contributed by atoms with Crippen LogP contribution in [0.1, 0.15) is 32.8 Å². The zero-order valence-corrected chi connectivity index (χ0v) is 17.0. The number of amides is 2. The second-order valence-electron chi connectivity index (χ2n) is 7.57. The van der Waals surface area contributed by atoms with E-state index in [0.717, 1.165) is 16.7 Å². The fourth-order valence-corrected chi connectivity index (χ4v) is 4.17. The highest BCUT2D eigenvalue weighted by Crippen LogP contribution is 2.37. The van der Waals surface area contributed by atoms with Crippen LogP contribution in [-0.4, -0.2) is 52.8 Å². The SMILES string of the molecule is CCN(CC)C(=O)C1(Cc2cccc(-c3cccnc3)c2)CCN(C(C)=O)C1. The van der Waals surface area contributed by atoms with Gasteiger partial charge in [-0.2, -0.15) is 0 Å². The van der Waals surface area contributed by atoms with Crippen LogP contribution in [-0.2, 0) is 16.0 Å². The summed E-state index contributed by atoms with van der Waals surface area (Å²) in [5, 5.41) is 0.